The minimum absolute atomic E-state index is 0.133. The van der Waals surface area contributed by atoms with Crippen LogP contribution in [0.5, 0.6) is 0 Å². The quantitative estimate of drug-likeness (QED) is 0.784. The topological polar surface area (TPSA) is 64.7 Å². The summed E-state index contributed by atoms with van der Waals surface area (Å²) in [4.78, 5) is 28.4. The zero-order chi connectivity index (χ0) is 19.8. The summed E-state index contributed by atoms with van der Waals surface area (Å²) >= 11 is 0. The van der Waals surface area contributed by atoms with E-state index in [1.54, 1.807) is 0 Å². The fourth-order valence-electron chi connectivity index (χ4n) is 3.90. The van der Waals surface area contributed by atoms with Gasteiger partial charge in [-0.1, -0.05) is 12.1 Å². The molecular weight excluding hydrogens is 359 g/mol. The fourth-order valence-corrected chi connectivity index (χ4v) is 3.90. The molecule has 2 heterocycles. The van der Waals surface area contributed by atoms with Gasteiger partial charge in [0.2, 0.25) is 5.91 Å². The van der Waals surface area contributed by atoms with Crippen molar-refractivity contribution in [1.82, 2.24) is 20.4 Å². The number of rotatable bonds is 6. The second kappa shape index (κ2) is 10.4. The van der Waals surface area contributed by atoms with Gasteiger partial charge >= 0.3 is 6.03 Å². The minimum atomic E-state index is -0.213. The normalized spacial score (nSPS) is 18.7. The van der Waals surface area contributed by atoms with E-state index in [4.69, 9.17) is 0 Å². The Morgan fingerprint density at radius 2 is 1.68 bits per heavy atom. The minimum Gasteiger partial charge on any atom is -0.343 e. The molecule has 3 rings (SSSR count). The third kappa shape index (κ3) is 6.48. The second-order valence-corrected chi connectivity index (χ2v) is 7.77. The molecule has 2 N–H and O–H groups in total. The molecule has 0 saturated carbocycles. The maximum absolute atomic E-state index is 13.0. The molecule has 0 atom stereocenters. The summed E-state index contributed by atoms with van der Waals surface area (Å²) in [5, 5.41) is 5.82. The predicted molar refractivity (Wildman–Crippen MR) is 106 cm³/mol. The summed E-state index contributed by atoms with van der Waals surface area (Å²) in [5.41, 5.74) is 1.10. The molecular formula is C21H31FN4O2. The van der Waals surface area contributed by atoms with Gasteiger partial charge in [-0.15, -0.1) is 0 Å². The van der Waals surface area contributed by atoms with Crippen LogP contribution in [0, 0.1) is 5.82 Å². The van der Waals surface area contributed by atoms with Crippen LogP contribution in [0.25, 0.3) is 0 Å². The number of amides is 3. The number of carbonyl (C=O) groups excluding carboxylic acids is 2. The second-order valence-electron chi connectivity index (χ2n) is 7.77. The van der Waals surface area contributed by atoms with Crippen LogP contribution in [0.15, 0.2) is 24.3 Å². The first-order valence-electron chi connectivity index (χ1n) is 10.4. The van der Waals surface area contributed by atoms with Gasteiger partial charge in [-0.25, -0.2) is 9.18 Å². The van der Waals surface area contributed by atoms with Gasteiger partial charge in [0, 0.05) is 51.7 Å². The van der Waals surface area contributed by atoms with E-state index in [0.29, 0.717) is 13.0 Å². The number of benzene rings is 1. The predicted octanol–water partition coefficient (Wildman–Crippen LogP) is 2.49. The molecule has 3 amide bonds. The van der Waals surface area contributed by atoms with Gasteiger partial charge in [-0.2, -0.15) is 0 Å². The third-order valence-corrected chi connectivity index (χ3v) is 5.58. The summed E-state index contributed by atoms with van der Waals surface area (Å²) in [5.74, 6) is -0.0793. The van der Waals surface area contributed by atoms with Crippen molar-refractivity contribution in [2.24, 2.45) is 0 Å². The Hall–Kier alpha value is -2.15. The molecule has 2 aliphatic heterocycles. The maximum atomic E-state index is 13.0. The van der Waals surface area contributed by atoms with Crippen molar-refractivity contribution in [3.63, 3.8) is 0 Å². The lowest BCUT2D eigenvalue weighted by Crippen LogP contribution is -2.48. The molecule has 1 aromatic rings. The smallest absolute Gasteiger partial charge is 0.315 e. The van der Waals surface area contributed by atoms with E-state index in [-0.39, 0.29) is 23.8 Å². The number of carbonyl (C=O) groups is 2. The zero-order valence-electron chi connectivity index (χ0n) is 16.5. The summed E-state index contributed by atoms with van der Waals surface area (Å²) in [6, 6.07) is 6.58. The highest BCUT2D eigenvalue weighted by Crippen LogP contribution is 2.14. The van der Waals surface area contributed by atoms with Crippen molar-refractivity contribution in [3.8, 4) is 0 Å². The number of piperidine rings is 2. The SMILES string of the molecule is O=C(NCCC(=O)N1CCCCC1)NC1CCN(Cc2ccc(F)cc2)CC1. The highest BCUT2D eigenvalue weighted by atomic mass is 19.1. The molecule has 2 saturated heterocycles. The van der Waals surface area contributed by atoms with Crippen LogP contribution in [-0.2, 0) is 11.3 Å². The van der Waals surface area contributed by atoms with Crippen LogP contribution in [0.2, 0.25) is 0 Å². The van der Waals surface area contributed by atoms with Gasteiger partial charge < -0.3 is 15.5 Å². The Kier molecular flexibility index (Phi) is 7.65. The van der Waals surface area contributed by atoms with Crippen molar-refractivity contribution >= 4 is 11.9 Å². The van der Waals surface area contributed by atoms with Crippen LogP contribution in [-0.4, -0.2) is 60.5 Å². The Morgan fingerprint density at radius 3 is 2.36 bits per heavy atom. The number of likely N-dealkylation sites (tertiary alicyclic amines) is 2. The van der Waals surface area contributed by atoms with Gasteiger partial charge in [-0.3, -0.25) is 9.69 Å². The number of hydrogen-bond acceptors (Lipinski definition) is 3. The van der Waals surface area contributed by atoms with Gasteiger partial charge in [0.05, 0.1) is 0 Å². The van der Waals surface area contributed by atoms with Crippen LogP contribution < -0.4 is 10.6 Å². The summed E-state index contributed by atoms with van der Waals surface area (Å²) in [6.07, 6.45) is 5.51. The van der Waals surface area contributed by atoms with Crippen molar-refractivity contribution in [3.05, 3.63) is 35.6 Å². The number of halogens is 1. The first-order valence-corrected chi connectivity index (χ1v) is 10.4. The molecule has 7 heteroatoms. The Labute approximate surface area is 166 Å². The Balaban J connectivity index is 1.29. The molecule has 0 bridgehead atoms. The Morgan fingerprint density at radius 1 is 1.00 bits per heavy atom. The van der Waals surface area contributed by atoms with Gasteiger partial charge in [0.25, 0.3) is 0 Å². The van der Waals surface area contributed by atoms with Crippen molar-refractivity contribution in [2.75, 3.05) is 32.7 Å². The summed E-state index contributed by atoms with van der Waals surface area (Å²) in [7, 11) is 0. The highest BCUT2D eigenvalue weighted by Gasteiger charge is 2.21. The summed E-state index contributed by atoms with van der Waals surface area (Å²) < 4.78 is 13.0. The maximum Gasteiger partial charge on any atom is 0.315 e. The monoisotopic (exact) mass is 390 g/mol. The van der Waals surface area contributed by atoms with Gasteiger partial charge in [0.15, 0.2) is 0 Å². The average Bonchev–Trinajstić information content (AvgIpc) is 2.72. The van der Waals surface area contributed by atoms with E-state index < -0.39 is 0 Å². The molecule has 2 aliphatic rings. The number of nitrogens with one attached hydrogen (secondary N) is 2. The van der Waals surface area contributed by atoms with Crippen molar-refractivity contribution in [1.29, 1.82) is 0 Å². The van der Waals surface area contributed by atoms with Crippen LogP contribution in [0.3, 0.4) is 0 Å². The van der Waals surface area contributed by atoms with E-state index >= 15 is 0 Å². The highest BCUT2D eigenvalue weighted by molar-refractivity contribution is 5.78. The summed E-state index contributed by atoms with van der Waals surface area (Å²) in [6.45, 7) is 4.68. The van der Waals surface area contributed by atoms with E-state index in [0.717, 1.165) is 64.0 Å². The zero-order valence-corrected chi connectivity index (χ0v) is 16.5. The lowest BCUT2D eigenvalue weighted by Gasteiger charge is -2.32. The average molecular weight is 391 g/mol. The molecule has 2 fully saturated rings. The molecule has 0 aliphatic carbocycles. The molecule has 1 aromatic carbocycles. The molecule has 0 radical (unpaired) electrons. The molecule has 28 heavy (non-hydrogen) atoms. The fraction of sp³-hybridized carbons (Fsp3) is 0.619. The molecule has 0 unspecified atom stereocenters. The third-order valence-electron chi connectivity index (χ3n) is 5.58. The van der Waals surface area contributed by atoms with E-state index in [9.17, 15) is 14.0 Å². The Bertz CT molecular complexity index is 638. The number of hydrogen-bond donors (Lipinski definition) is 2. The molecule has 6 nitrogen and oxygen atoms in total. The van der Waals surface area contributed by atoms with Gasteiger partial charge in [0.1, 0.15) is 5.82 Å². The molecule has 0 spiro atoms. The van der Waals surface area contributed by atoms with E-state index in [1.165, 1.54) is 18.6 Å². The first kappa shape index (κ1) is 20.6. The molecule has 0 aromatic heterocycles. The lowest BCUT2D eigenvalue weighted by atomic mass is 10.0. The van der Waals surface area contributed by atoms with E-state index in [1.807, 2.05) is 17.0 Å². The van der Waals surface area contributed by atoms with Crippen molar-refractivity contribution < 1.29 is 14.0 Å². The first-order chi connectivity index (χ1) is 13.6. The molecule has 154 valence electrons. The van der Waals surface area contributed by atoms with Crippen LogP contribution >= 0.6 is 0 Å². The van der Waals surface area contributed by atoms with Gasteiger partial charge in [-0.05, 0) is 49.8 Å². The largest absolute Gasteiger partial charge is 0.343 e. The lowest BCUT2D eigenvalue weighted by molar-refractivity contribution is -0.131. The van der Waals surface area contributed by atoms with Crippen molar-refractivity contribution in [2.45, 2.75) is 51.1 Å². The van der Waals surface area contributed by atoms with Crippen LogP contribution in [0.4, 0.5) is 9.18 Å². The standard InChI is InChI=1S/C21H31FN4O2/c22-18-6-4-17(5-7-18)16-25-14-9-19(10-15-25)24-21(28)23-11-8-20(27)26-12-2-1-3-13-26/h4-7,19H,1-3,8-16H2,(H2,23,24,28). The number of urea groups is 1. The van der Waals surface area contributed by atoms with Crippen LogP contribution in [0.1, 0.15) is 44.1 Å². The number of nitrogens with zero attached hydrogens (tertiary/aromatic N) is 2. The van der Waals surface area contributed by atoms with E-state index in [2.05, 4.69) is 15.5 Å².